The number of para-hydroxylation sites is 1. The monoisotopic (exact) mass is 364 g/mol. The first-order valence-corrected chi connectivity index (χ1v) is 9.48. The van der Waals surface area contributed by atoms with Crippen LogP contribution in [0, 0.1) is 13.8 Å². The molecule has 0 bridgehead atoms. The summed E-state index contributed by atoms with van der Waals surface area (Å²) in [5, 5.41) is 5.39. The predicted octanol–water partition coefficient (Wildman–Crippen LogP) is 4.47. The average Bonchev–Trinajstić information content (AvgIpc) is 3.27. The molecule has 0 radical (unpaired) electrons. The van der Waals surface area contributed by atoms with Crippen molar-refractivity contribution in [2.24, 2.45) is 10.1 Å². The van der Waals surface area contributed by atoms with Crippen LogP contribution in [0.4, 0.5) is 5.69 Å². The van der Waals surface area contributed by atoms with Crippen LogP contribution >= 0.6 is 11.8 Å². The lowest BCUT2D eigenvalue weighted by atomic mass is 10.1. The third kappa shape index (κ3) is 3.46. The molecule has 6 heteroatoms. The summed E-state index contributed by atoms with van der Waals surface area (Å²) >= 11 is 1.67. The highest BCUT2D eigenvalue weighted by molar-refractivity contribution is 8.14. The Bertz CT molecular complexity index is 955. The number of furan rings is 1. The van der Waals surface area contributed by atoms with Gasteiger partial charge in [0.1, 0.15) is 5.76 Å². The molecule has 0 atom stereocenters. The van der Waals surface area contributed by atoms with E-state index in [2.05, 4.69) is 40.0 Å². The van der Waals surface area contributed by atoms with E-state index in [1.807, 2.05) is 42.5 Å². The van der Waals surface area contributed by atoms with Crippen molar-refractivity contribution in [2.75, 3.05) is 5.75 Å². The van der Waals surface area contributed by atoms with Crippen molar-refractivity contribution >= 4 is 28.3 Å². The van der Waals surface area contributed by atoms with E-state index in [4.69, 9.17) is 4.42 Å². The summed E-state index contributed by atoms with van der Waals surface area (Å²) in [5.74, 6) is 1.75. The van der Waals surface area contributed by atoms with Crippen molar-refractivity contribution in [2.45, 2.75) is 20.4 Å². The largest absolute Gasteiger partial charge is 0.467 e. The molecule has 0 fully saturated rings. The van der Waals surface area contributed by atoms with E-state index < -0.39 is 0 Å². The van der Waals surface area contributed by atoms with Crippen molar-refractivity contribution in [3.63, 3.8) is 0 Å². The number of hydrogen-bond donors (Lipinski definition) is 1. The van der Waals surface area contributed by atoms with Crippen LogP contribution in [0.2, 0.25) is 0 Å². The summed E-state index contributed by atoms with van der Waals surface area (Å²) in [5.41, 5.74) is 8.63. The molecule has 0 amide bonds. The normalized spacial score (nSPS) is 15.8. The Morgan fingerprint density at radius 3 is 2.73 bits per heavy atom. The number of benzene rings is 1. The van der Waals surface area contributed by atoms with Crippen LogP contribution in [0.15, 0.2) is 69.3 Å². The topological polar surface area (TPSA) is 54.8 Å². The third-order valence-corrected chi connectivity index (χ3v) is 5.27. The van der Waals surface area contributed by atoms with Crippen molar-refractivity contribution in [1.82, 2.24) is 9.99 Å². The highest BCUT2D eigenvalue weighted by Gasteiger charge is 2.19. The standard InChI is InChI=1S/C20H20N4OS/c1-14-11-18(15(2)24(14)12-17-9-6-10-25-17)19-13-26-20(23-22-19)21-16-7-4-3-5-8-16/h3-11H,12-13H2,1-2H3,(H,21,23). The van der Waals surface area contributed by atoms with Crippen LogP contribution in [-0.2, 0) is 6.54 Å². The highest BCUT2D eigenvalue weighted by Crippen LogP contribution is 2.23. The zero-order valence-corrected chi connectivity index (χ0v) is 15.6. The predicted molar refractivity (Wildman–Crippen MR) is 107 cm³/mol. The summed E-state index contributed by atoms with van der Waals surface area (Å²) in [6, 6.07) is 16.0. The smallest absolute Gasteiger partial charge is 0.182 e. The van der Waals surface area contributed by atoms with Gasteiger partial charge in [-0.05, 0) is 44.2 Å². The van der Waals surface area contributed by atoms with Gasteiger partial charge < -0.3 is 8.98 Å². The number of aromatic nitrogens is 1. The van der Waals surface area contributed by atoms with Crippen LogP contribution in [-0.4, -0.2) is 21.2 Å². The van der Waals surface area contributed by atoms with Gasteiger partial charge in [0.05, 0.1) is 24.2 Å². The number of thioether (sulfide) groups is 1. The van der Waals surface area contributed by atoms with Crippen molar-refractivity contribution < 1.29 is 4.42 Å². The summed E-state index contributed by atoms with van der Waals surface area (Å²) in [6.07, 6.45) is 1.71. The number of amidine groups is 1. The van der Waals surface area contributed by atoms with Crippen LogP contribution in [0.3, 0.4) is 0 Å². The van der Waals surface area contributed by atoms with Crippen LogP contribution in [0.1, 0.15) is 22.7 Å². The molecule has 2 aromatic heterocycles. The van der Waals surface area contributed by atoms with E-state index >= 15 is 0 Å². The van der Waals surface area contributed by atoms with Gasteiger partial charge >= 0.3 is 0 Å². The van der Waals surface area contributed by atoms with Gasteiger partial charge in [-0.25, -0.2) is 4.99 Å². The Balaban J connectivity index is 1.54. The zero-order chi connectivity index (χ0) is 17.9. The Morgan fingerprint density at radius 1 is 1.19 bits per heavy atom. The molecule has 132 valence electrons. The van der Waals surface area contributed by atoms with E-state index in [1.54, 1.807) is 18.0 Å². The Morgan fingerprint density at radius 2 is 2.04 bits per heavy atom. The lowest BCUT2D eigenvalue weighted by molar-refractivity contribution is 0.489. The zero-order valence-electron chi connectivity index (χ0n) is 14.8. The maximum atomic E-state index is 5.49. The second kappa shape index (κ2) is 7.25. The molecule has 5 nitrogen and oxygen atoms in total. The lowest BCUT2D eigenvalue weighted by Crippen LogP contribution is -2.25. The number of nitrogens with zero attached hydrogens (tertiary/aromatic N) is 3. The Hall–Kier alpha value is -2.73. The molecule has 3 aromatic rings. The molecular formula is C20H20N4OS. The molecule has 26 heavy (non-hydrogen) atoms. The van der Waals surface area contributed by atoms with Gasteiger partial charge in [0.2, 0.25) is 0 Å². The summed E-state index contributed by atoms with van der Waals surface area (Å²) in [6.45, 7) is 4.98. The fraction of sp³-hybridized carbons (Fsp3) is 0.200. The van der Waals surface area contributed by atoms with Crippen molar-refractivity contribution in [1.29, 1.82) is 0 Å². The first-order valence-electron chi connectivity index (χ1n) is 8.49. The molecule has 4 rings (SSSR count). The maximum Gasteiger partial charge on any atom is 0.182 e. The maximum absolute atomic E-state index is 5.49. The van der Waals surface area contributed by atoms with Gasteiger partial charge in [-0.3, -0.25) is 5.43 Å². The molecule has 1 N–H and O–H groups in total. The molecule has 1 aromatic carbocycles. The minimum Gasteiger partial charge on any atom is -0.467 e. The third-order valence-electron chi connectivity index (χ3n) is 4.40. The van der Waals surface area contributed by atoms with E-state index in [0.717, 1.165) is 34.6 Å². The molecule has 0 saturated carbocycles. The van der Waals surface area contributed by atoms with Gasteiger partial charge in [-0.2, -0.15) is 5.10 Å². The number of nitrogens with one attached hydrogen (secondary N) is 1. The van der Waals surface area contributed by atoms with Crippen molar-refractivity contribution in [3.8, 4) is 0 Å². The molecule has 0 spiro atoms. The highest BCUT2D eigenvalue weighted by atomic mass is 32.2. The van der Waals surface area contributed by atoms with E-state index in [0.29, 0.717) is 0 Å². The van der Waals surface area contributed by atoms with E-state index in [1.165, 1.54) is 17.0 Å². The van der Waals surface area contributed by atoms with Crippen molar-refractivity contribution in [3.05, 3.63) is 77.5 Å². The number of hydrazone groups is 1. The minimum absolute atomic E-state index is 0.735. The number of aliphatic imine (C=N–C) groups is 1. The molecule has 1 aliphatic rings. The van der Waals surface area contributed by atoms with E-state index in [9.17, 15) is 0 Å². The quantitative estimate of drug-likeness (QED) is 0.743. The van der Waals surface area contributed by atoms with Gasteiger partial charge in [-0.1, -0.05) is 30.0 Å². The Kier molecular flexibility index (Phi) is 4.67. The lowest BCUT2D eigenvalue weighted by Gasteiger charge is -2.15. The fourth-order valence-electron chi connectivity index (χ4n) is 3.03. The number of aryl methyl sites for hydroxylation is 1. The van der Waals surface area contributed by atoms with Gasteiger partial charge in [-0.15, -0.1) is 0 Å². The molecule has 0 saturated heterocycles. The summed E-state index contributed by atoms with van der Waals surface area (Å²) in [4.78, 5) is 4.59. The summed E-state index contributed by atoms with van der Waals surface area (Å²) < 4.78 is 7.75. The molecule has 3 heterocycles. The van der Waals surface area contributed by atoms with Crippen LogP contribution in [0.5, 0.6) is 0 Å². The van der Waals surface area contributed by atoms with E-state index in [-0.39, 0.29) is 0 Å². The summed E-state index contributed by atoms with van der Waals surface area (Å²) in [7, 11) is 0. The Labute approximate surface area is 156 Å². The SMILES string of the molecule is Cc1cc(C2=NNC(=Nc3ccccc3)SC2)c(C)n1Cc1ccco1. The van der Waals surface area contributed by atoms with Gasteiger partial charge in [0.15, 0.2) is 5.17 Å². The van der Waals surface area contributed by atoms with Crippen LogP contribution < -0.4 is 5.43 Å². The average molecular weight is 364 g/mol. The number of rotatable bonds is 4. The molecular weight excluding hydrogens is 344 g/mol. The second-order valence-electron chi connectivity index (χ2n) is 6.16. The van der Waals surface area contributed by atoms with Gasteiger partial charge in [0.25, 0.3) is 0 Å². The first kappa shape index (κ1) is 16.7. The van der Waals surface area contributed by atoms with Crippen LogP contribution in [0.25, 0.3) is 0 Å². The molecule has 0 unspecified atom stereocenters. The fourth-order valence-corrected chi connectivity index (χ4v) is 3.80. The second-order valence-corrected chi connectivity index (χ2v) is 7.13. The molecule has 1 aliphatic heterocycles. The minimum atomic E-state index is 0.735. The number of hydrogen-bond acceptors (Lipinski definition) is 4. The van der Waals surface area contributed by atoms with Gasteiger partial charge in [0, 0.05) is 22.7 Å². The molecule has 0 aliphatic carbocycles. The first-order chi connectivity index (χ1) is 12.7.